The van der Waals surface area contributed by atoms with Crippen molar-refractivity contribution in [3.63, 3.8) is 0 Å². The second kappa shape index (κ2) is 196. The molecule has 0 rings (SSSR count). The van der Waals surface area contributed by atoms with Gasteiger partial charge in [-0.05, 0) is 18.8 Å². The van der Waals surface area contributed by atoms with Gasteiger partial charge < -0.3 is 12.6 Å². The van der Waals surface area contributed by atoms with E-state index in [2.05, 4.69) is 25.3 Å². The Labute approximate surface area is 100.0 Å². The van der Waals surface area contributed by atoms with Gasteiger partial charge in [-0.1, -0.05) is 21.3 Å². The van der Waals surface area contributed by atoms with Crippen LogP contribution in [0.1, 0.15) is 21.3 Å². The number of hydrogen-bond acceptors (Lipinski definition) is 3. The molecule has 0 aliphatic rings. The van der Waals surface area contributed by atoms with Crippen LogP contribution >= 0.6 is 24.4 Å². The van der Waals surface area contributed by atoms with Crippen LogP contribution in [-0.2, 0) is 29.7 Å². The van der Waals surface area contributed by atoms with E-state index in [1.165, 1.54) is 0 Å². The van der Waals surface area contributed by atoms with Crippen LogP contribution < -0.4 is 0 Å². The fourth-order valence-electron chi connectivity index (χ4n) is 0. The van der Waals surface area contributed by atoms with E-state index < -0.39 is 0 Å². The average molecular weight is 258 g/mol. The van der Waals surface area contributed by atoms with Crippen molar-refractivity contribution in [2.75, 3.05) is 25.0 Å². The van der Waals surface area contributed by atoms with Gasteiger partial charge in [0.2, 0.25) is 0 Å². The van der Waals surface area contributed by atoms with E-state index in [0.717, 1.165) is 0 Å². The van der Waals surface area contributed by atoms with Crippen LogP contribution in [0.15, 0.2) is 0 Å². The first-order valence-electron chi connectivity index (χ1n) is 2.67. The summed E-state index contributed by atoms with van der Waals surface area (Å²) in [6, 6.07) is 0. The molecule has 0 heterocycles. The molecule has 0 aliphatic heterocycles. The molecule has 0 unspecified atom stereocenters. The van der Waals surface area contributed by atoms with Gasteiger partial charge in [0.15, 0.2) is 0 Å². The zero-order valence-electron chi connectivity index (χ0n) is 7.64. The maximum Gasteiger partial charge on any atom is 0 e. The smallest absolute Gasteiger partial charge is 0 e. The SMILES string of the molecule is C.CC.CS.CSC.C[S-].[Mn]. The molecular weight excluding hydrogens is 235 g/mol. The molecule has 0 N–H and O–H groups in total. The number of thiol groups is 1. The first kappa shape index (κ1) is 39.0. The van der Waals surface area contributed by atoms with Gasteiger partial charge in [0.25, 0.3) is 0 Å². The summed E-state index contributed by atoms with van der Waals surface area (Å²) in [7, 11) is 0. The molecule has 0 atom stereocenters. The monoisotopic (exact) mass is 258 g/mol. The molecule has 0 aliphatic carbocycles. The second-order valence-electron chi connectivity index (χ2n) is 0.408. The van der Waals surface area contributed by atoms with Crippen molar-refractivity contribution in [2.24, 2.45) is 0 Å². The molecule has 1 radical (unpaired) electrons. The van der Waals surface area contributed by atoms with Crippen molar-refractivity contribution < 1.29 is 17.1 Å². The first-order valence-corrected chi connectivity index (χ1v) is 6.02. The minimum Gasteiger partial charge on any atom is -0.796 e. The first-order chi connectivity index (χ1) is 4.41. The molecule has 0 bridgehead atoms. The fourth-order valence-corrected chi connectivity index (χ4v) is 0. The molecule has 4 heteroatoms. The third-order valence-electron chi connectivity index (χ3n) is 0. The van der Waals surface area contributed by atoms with Crippen molar-refractivity contribution in [2.45, 2.75) is 21.3 Å². The summed E-state index contributed by atoms with van der Waals surface area (Å²) in [6.45, 7) is 4.00. The Morgan fingerprint density at radius 3 is 1.00 bits per heavy atom. The molecule has 0 fully saturated rings. The summed E-state index contributed by atoms with van der Waals surface area (Å²) in [5.74, 6) is 0. The van der Waals surface area contributed by atoms with Crippen LogP contribution in [0.2, 0.25) is 0 Å². The molecule has 77 valence electrons. The van der Waals surface area contributed by atoms with E-state index in [9.17, 15) is 0 Å². The molecule has 0 spiro atoms. The minimum atomic E-state index is 0. The molecule has 11 heavy (non-hydrogen) atoms. The molecule has 0 aromatic carbocycles. The Morgan fingerprint density at radius 1 is 1.00 bits per heavy atom. The maximum atomic E-state index is 4.08. The second-order valence-corrected chi connectivity index (χ2v) is 1.22. The molecular formula is C7H23MnS3-. The average Bonchev–Trinajstić information content (AvgIpc) is 2.01. The van der Waals surface area contributed by atoms with Gasteiger partial charge in [0.05, 0.1) is 0 Å². The van der Waals surface area contributed by atoms with Crippen LogP contribution in [-0.4, -0.2) is 25.0 Å². The zero-order chi connectivity index (χ0) is 8.71. The Morgan fingerprint density at radius 2 is 1.00 bits per heavy atom. The third-order valence-corrected chi connectivity index (χ3v) is 0. The van der Waals surface area contributed by atoms with E-state index in [4.69, 9.17) is 0 Å². The largest absolute Gasteiger partial charge is 0.796 e. The van der Waals surface area contributed by atoms with Crippen LogP contribution in [0.4, 0.5) is 0 Å². The van der Waals surface area contributed by atoms with Crippen molar-refractivity contribution in [1.29, 1.82) is 0 Å². The predicted octanol–water partition coefficient (Wildman–Crippen LogP) is 3.35. The van der Waals surface area contributed by atoms with Gasteiger partial charge in [-0.2, -0.15) is 30.6 Å². The van der Waals surface area contributed by atoms with Gasteiger partial charge in [-0.25, -0.2) is 0 Å². The van der Waals surface area contributed by atoms with Gasteiger partial charge >= 0.3 is 0 Å². The summed E-state index contributed by atoms with van der Waals surface area (Å²) in [6.07, 6.45) is 7.36. The van der Waals surface area contributed by atoms with Crippen molar-refractivity contribution >= 4 is 37.0 Å². The van der Waals surface area contributed by atoms with E-state index in [0.29, 0.717) is 0 Å². The van der Waals surface area contributed by atoms with E-state index in [1.807, 2.05) is 26.4 Å². The van der Waals surface area contributed by atoms with E-state index in [-0.39, 0.29) is 24.5 Å². The Hall–Kier alpha value is 1.57. The standard InChI is InChI=1S/C2H6S.C2H6.2CH4S.CH4.Mn/c1-3-2;3*1-2;;/h1-2H3;1-2H3;2*2H,1H3;1H4;/p-1. The van der Waals surface area contributed by atoms with Crippen molar-refractivity contribution in [1.82, 2.24) is 0 Å². The van der Waals surface area contributed by atoms with Crippen molar-refractivity contribution in [3.8, 4) is 0 Å². The normalized spacial score (nSPS) is 3.27. The molecule has 0 aromatic rings. The Kier molecular flexibility index (Phi) is 694. The fraction of sp³-hybridized carbons (Fsp3) is 1.00. The van der Waals surface area contributed by atoms with Gasteiger partial charge in [-0.15, -0.1) is 0 Å². The zero-order valence-corrected chi connectivity index (χ0v) is 11.3. The summed E-state index contributed by atoms with van der Waals surface area (Å²) < 4.78 is 0. The third kappa shape index (κ3) is 430. The number of rotatable bonds is 0. The molecule has 0 saturated carbocycles. The van der Waals surface area contributed by atoms with Crippen LogP contribution in [0.25, 0.3) is 0 Å². The minimum absolute atomic E-state index is 0. The Balaban J connectivity index is -0.00000000729. The summed E-state index contributed by atoms with van der Waals surface area (Å²) >= 11 is 9.36. The molecule has 0 nitrogen and oxygen atoms in total. The van der Waals surface area contributed by atoms with Gasteiger partial charge in [0.1, 0.15) is 0 Å². The quantitative estimate of drug-likeness (QED) is 0.402. The molecule has 0 aromatic heterocycles. The topological polar surface area (TPSA) is 0 Å². The number of thioether (sulfide) groups is 1. The number of hydrogen-bond donors (Lipinski definition) is 1. The van der Waals surface area contributed by atoms with Crippen LogP contribution in [0.5, 0.6) is 0 Å². The van der Waals surface area contributed by atoms with E-state index >= 15 is 0 Å². The summed E-state index contributed by atoms with van der Waals surface area (Å²) in [4.78, 5) is 0. The Bertz CT molecular complexity index is 13.6. The summed E-state index contributed by atoms with van der Waals surface area (Å²) in [5.41, 5.74) is 0. The van der Waals surface area contributed by atoms with Gasteiger partial charge in [0, 0.05) is 17.1 Å². The maximum absolute atomic E-state index is 4.08. The summed E-state index contributed by atoms with van der Waals surface area (Å²) in [5, 5.41) is 0. The van der Waals surface area contributed by atoms with Crippen LogP contribution in [0.3, 0.4) is 0 Å². The molecule has 0 amide bonds. The van der Waals surface area contributed by atoms with E-state index in [1.54, 1.807) is 24.3 Å². The van der Waals surface area contributed by atoms with Gasteiger partial charge in [-0.3, -0.25) is 0 Å². The van der Waals surface area contributed by atoms with Crippen LogP contribution in [0, 0.1) is 0 Å². The predicted molar refractivity (Wildman–Crippen MR) is 65.7 cm³/mol. The molecule has 0 saturated heterocycles. The van der Waals surface area contributed by atoms with Crippen molar-refractivity contribution in [3.05, 3.63) is 0 Å².